The molecule has 0 saturated carbocycles. The molecule has 0 saturated heterocycles. The molecular formula is C22H25ClN4O5Si. The monoisotopic (exact) mass is 488 g/mol. The number of halogens is 1. The van der Waals surface area contributed by atoms with E-state index in [1.165, 1.54) is 37.1 Å². The summed E-state index contributed by atoms with van der Waals surface area (Å²) in [6, 6.07) is 8.25. The molecule has 0 aliphatic carbocycles. The van der Waals surface area contributed by atoms with E-state index in [9.17, 15) is 4.79 Å². The predicted molar refractivity (Wildman–Crippen MR) is 128 cm³/mol. The molecule has 1 amide bonds. The number of nitrogens with one attached hydrogen (secondary N) is 2. The highest BCUT2D eigenvalue weighted by Gasteiger charge is 2.33. The van der Waals surface area contributed by atoms with Crippen LogP contribution in [0.5, 0.6) is 23.5 Å². The fourth-order valence-electron chi connectivity index (χ4n) is 3.81. The van der Waals surface area contributed by atoms with E-state index in [1.54, 1.807) is 13.1 Å². The Labute approximate surface area is 197 Å². The second-order valence-corrected chi connectivity index (χ2v) is 13.4. The van der Waals surface area contributed by atoms with Crippen LogP contribution < -0.4 is 30.0 Å². The van der Waals surface area contributed by atoms with Gasteiger partial charge >= 0.3 is 0 Å². The number of hydrogen-bond donors (Lipinski definition) is 2. The number of furan rings is 1. The molecule has 0 atom stereocenters. The smallest absolute Gasteiger partial charge is 0.291 e. The first kappa shape index (κ1) is 22.9. The van der Waals surface area contributed by atoms with Gasteiger partial charge in [-0.15, -0.1) is 0 Å². The first-order chi connectivity index (χ1) is 15.7. The quantitative estimate of drug-likeness (QED) is 0.474. The Balaban J connectivity index is 1.55. The molecule has 4 rings (SSSR count). The van der Waals surface area contributed by atoms with Crippen molar-refractivity contribution in [3.05, 3.63) is 40.6 Å². The number of benzene rings is 1. The molecule has 174 valence electrons. The summed E-state index contributed by atoms with van der Waals surface area (Å²) in [6.45, 7) is 4.67. The summed E-state index contributed by atoms with van der Waals surface area (Å²) in [5.74, 6) is 0.708. The van der Waals surface area contributed by atoms with E-state index in [2.05, 4.69) is 33.7 Å². The largest absolute Gasteiger partial charge is 0.479 e. The van der Waals surface area contributed by atoms with E-state index in [-0.39, 0.29) is 35.1 Å². The van der Waals surface area contributed by atoms with Crippen molar-refractivity contribution in [2.75, 3.05) is 31.9 Å². The Bertz CT molecular complexity index is 1190. The molecule has 0 radical (unpaired) electrons. The summed E-state index contributed by atoms with van der Waals surface area (Å²) < 4.78 is 22.0. The van der Waals surface area contributed by atoms with Gasteiger partial charge in [-0.2, -0.15) is 9.97 Å². The zero-order valence-electron chi connectivity index (χ0n) is 19.0. The second-order valence-electron chi connectivity index (χ2n) is 8.19. The SMILES string of the molecule is CNc1nc(OC)c(NC(=O)c2ccc(Oc3cc4c(cc3Cl)CC[Si]4(C)C)o2)c(OC)n1. The number of carbonyl (C=O) groups is 1. The third kappa shape index (κ3) is 4.48. The van der Waals surface area contributed by atoms with Crippen molar-refractivity contribution in [2.24, 2.45) is 0 Å². The van der Waals surface area contributed by atoms with E-state index in [0.717, 1.165) is 6.42 Å². The Morgan fingerprint density at radius 2 is 1.85 bits per heavy atom. The number of hydrogen-bond acceptors (Lipinski definition) is 8. The molecule has 3 heterocycles. The molecule has 3 aromatic rings. The van der Waals surface area contributed by atoms with Crippen LogP contribution in [-0.2, 0) is 6.42 Å². The minimum absolute atomic E-state index is 0.0267. The highest BCUT2D eigenvalue weighted by molar-refractivity contribution is 6.91. The Morgan fingerprint density at radius 3 is 2.48 bits per heavy atom. The minimum atomic E-state index is -1.49. The molecular weight excluding hydrogens is 464 g/mol. The maximum Gasteiger partial charge on any atom is 0.291 e. The van der Waals surface area contributed by atoms with Crippen LogP contribution in [0.4, 0.5) is 11.6 Å². The Hall–Kier alpha value is -3.24. The number of ether oxygens (including phenoxy) is 3. The number of anilines is 2. The number of amides is 1. The number of aromatic nitrogens is 2. The van der Waals surface area contributed by atoms with E-state index in [4.69, 9.17) is 30.2 Å². The van der Waals surface area contributed by atoms with E-state index in [0.29, 0.717) is 10.8 Å². The van der Waals surface area contributed by atoms with Gasteiger partial charge in [0.2, 0.25) is 17.7 Å². The van der Waals surface area contributed by atoms with Gasteiger partial charge in [0.1, 0.15) is 5.75 Å². The molecule has 11 heteroatoms. The van der Waals surface area contributed by atoms with Crippen LogP contribution in [-0.4, -0.2) is 45.2 Å². The summed E-state index contributed by atoms with van der Waals surface area (Å²) in [5, 5.41) is 7.33. The van der Waals surface area contributed by atoms with E-state index >= 15 is 0 Å². The molecule has 1 aromatic carbocycles. The van der Waals surface area contributed by atoms with Crippen LogP contribution in [0.2, 0.25) is 24.2 Å². The first-order valence-electron chi connectivity index (χ1n) is 10.4. The maximum absolute atomic E-state index is 12.8. The van der Waals surface area contributed by atoms with Gasteiger partial charge in [0.25, 0.3) is 11.9 Å². The van der Waals surface area contributed by atoms with Gasteiger partial charge in [0.05, 0.1) is 27.3 Å². The van der Waals surface area contributed by atoms with Gasteiger partial charge in [-0.05, 0) is 36.2 Å². The number of aryl methyl sites for hydroxylation is 1. The zero-order chi connectivity index (χ0) is 23.8. The normalized spacial score (nSPS) is 13.9. The lowest BCUT2D eigenvalue weighted by Gasteiger charge is -2.17. The molecule has 0 fully saturated rings. The average Bonchev–Trinajstić information content (AvgIpc) is 3.38. The van der Waals surface area contributed by atoms with Crippen molar-refractivity contribution in [2.45, 2.75) is 25.6 Å². The highest BCUT2D eigenvalue weighted by atomic mass is 35.5. The summed E-state index contributed by atoms with van der Waals surface area (Å²) >= 11 is 6.44. The van der Waals surface area contributed by atoms with Crippen LogP contribution in [0.3, 0.4) is 0 Å². The van der Waals surface area contributed by atoms with Gasteiger partial charge < -0.3 is 29.3 Å². The molecule has 0 bridgehead atoms. The Morgan fingerprint density at radius 1 is 1.15 bits per heavy atom. The van der Waals surface area contributed by atoms with Crippen molar-refractivity contribution in [1.29, 1.82) is 0 Å². The molecule has 2 N–H and O–H groups in total. The van der Waals surface area contributed by atoms with Crippen molar-refractivity contribution < 1.29 is 23.4 Å². The molecule has 1 aliphatic heterocycles. The van der Waals surface area contributed by atoms with Gasteiger partial charge in [0.15, 0.2) is 11.4 Å². The van der Waals surface area contributed by atoms with Crippen LogP contribution in [0.1, 0.15) is 16.1 Å². The highest BCUT2D eigenvalue weighted by Crippen LogP contribution is 2.36. The fraction of sp³-hybridized carbons (Fsp3) is 0.318. The van der Waals surface area contributed by atoms with Gasteiger partial charge in [-0.3, -0.25) is 4.79 Å². The van der Waals surface area contributed by atoms with Crippen LogP contribution in [0, 0.1) is 0 Å². The molecule has 33 heavy (non-hydrogen) atoms. The molecule has 0 spiro atoms. The van der Waals surface area contributed by atoms with E-state index in [1.807, 2.05) is 12.1 Å². The average molecular weight is 489 g/mol. The van der Waals surface area contributed by atoms with Gasteiger partial charge in [0, 0.05) is 13.1 Å². The van der Waals surface area contributed by atoms with Crippen molar-refractivity contribution in [1.82, 2.24) is 9.97 Å². The Kier molecular flexibility index (Phi) is 6.22. The summed E-state index contributed by atoms with van der Waals surface area (Å²) in [5.41, 5.74) is 1.47. The van der Waals surface area contributed by atoms with E-state index < -0.39 is 14.0 Å². The zero-order valence-corrected chi connectivity index (χ0v) is 20.8. The van der Waals surface area contributed by atoms with Crippen LogP contribution >= 0.6 is 11.6 Å². The second kappa shape index (κ2) is 8.95. The van der Waals surface area contributed by atoms with Crippen LogP contribution in [0.15, 0.2) is 28.7 Å². The minimum Gasteiger partial charge on any atom is -0.479 e. The fourth-order valence-corrected chi connectivity index (χ4v) is 6.78. The number of methoxy groups -OCH3 is 2. The summed E-state index contributed by atoms with van der Waals surface area (Å²) in [4.78, 5) is 21.2. The summed E-state index contributed by atoms with van der Waals surface area (Å²) in [6.07, 6.45) is 1.05. The molecule has 2 aromatic heterocycles. The number of nitrogens with zero attached hydrogens (tertiary/aromatic N) is 2. The van der Waals surface area contributed by atoms with Gasteiger partial charge in [-0.25, -0.2) is 0 Å². The number of carbonyl (C=O) groups excluding carboxylic acids is 1. The lowest BCUT2D eigenvalue weighted by Crippen LogP contribution is -2.37. The number of rotatable bonds is 7. The lowest BCUT2D eigenvalue weighted by atomic mass is 10.2. The third-order valence-electron chi connectivity index (χ3n) is 5.61. The predicted octanol–water partition coefficient (Wildman–Crippen LogP) is 4.30. The standard InChI is InChI=1S/C22H25ClN4O5Si/c1-24-22-26-20(29-2)18(21(27-22)30-3)25-19(28)14-6-7-17(31-14)32-15-11-16-12(10-13(15)23)8-9-33(16,4)5/h6-7,10-11H,8-9H2,1-5H3,(H,25,28)(H,24,26,27). The lowest BCUT2D eigenvalue weighted by molar-refractivity contribution is 0.0990. The molecule has 0 unspecified atom stereocenters. The van der Waals surface area contributed by atoms with Crippen LogP contribution in [0.25, 0.3) is 0 Å². The third-order valence-corrected chi connectivity index (χ3v) is 9.33. The number of fused-ring (bicyclic) bond motifs is 1. The topological polar surface area (TPSA) is 108 Å². The summed E-state index contributed by atoms with van der Waals surface area (Å²) in [7, 11) is 3.03. The maximum atomic E-state index is 12.8. The van der Waals surface area contributed by atoms with Crippen molar-refractivity contribution in [3.8, 4) is 23.5 Å². The molecule has 1 aliphatic rings. The van der Waals surface area contributed by atoms with Gasteiger partial charge in [-0.1, -0.05) is 29.9 Å². The molecule has 9 nitrogen and oxygen atoms in total. The van der Waals surface area contributed by atoms with Crippen molar-refractivity contribution >= 4 is 42.4 Å². The van der Waals surface area contributed by atoms with Crippen molar-refractivity contribution in [3.63, 3.8) is 0 Å². The first-order valence-corrected chi connectivity index (χ1v) is 13.9.